The average Bonchev–Trinajstić information content (AvgIpc) is 2.79. The first-order valence-corrected chi connectivity index (χ1v) is 11.0. The number of aryl methyl sites for hydroxylation is 1. The third-order valence-electron chi connectivity index (χ3n) is 4.84. The summed E-state index contributed by atoms with van der Waals surface area (Å²) in [7, 11) is 3.49. The van der Waals surface area contributed by atoms with Gasteiger partial charge in [-0.15, -0.1) is 24.0 Å². The van der Waals surface area contributed by atoms with Crippen molar-refractivity contribution in [2.75, 3.05) is 40.5 Å². The molecule has 0 atom stereocenters. The lowest BCUT2D eigenvalue weighted by Crippen LogP contribution is -2.39. The maximum atomic E-state index is 12.5. The molecule has 0 fully saturated rings. The standard InChI is InChI=1S/C25H36N4O3.HI/c1-5-26-25(27-14-13-24(30)29(3)19-21-9-7-6-8-10-21)28-18-22-12-11-20(2)17-23(22)32-16-15-31-4;/h6-12,17H,5,13-16,18-19H2,1-4H3,(H2,26,27,28);1H. The molecule has 2 rings (SSSR count). The van der Waals surface area contributed by atoms with E-state index in [1.807, 2.05) is 63.4 Å². The summed E-state index contributed by atoms with van der Waals surface area (Å²) in [4.78, 5) is 18.9. The molecule has 0 heterocycles. The number of nitrogens with one attached hydrogen (secondary N) is 2. The normalized spacial score (nSPS) is 10.8. The van der Waals surface area contributed by atoms with Gasteiger partial charge in [0.05, 0.1) is 13.2 Å². The first kappa shape index (κ1) is 28.7. The van der Waals surface area contributed by atoms with Crippen LogP contribution in [0.4, 0.5) is 0 Å². The number of halogens is 1. The van der Waals surface area contributed by atoms with Gasteiger partial charge >= 0.3 is 0 Å². The predicted octanol–water partition coefficient (Wildman–Crippen LogP) is 3.74. The van der Waals surface area contributed by atoms with Crippen molar-refractivity contribution in [3.8, 4) is 5.75 Å². The van der Waals surface area contributed by atoms with E-state index in [0.29, 0.717) is 45.2 Å². The highest BCUT2D eigenvalue weighted by Crippen LogP contribution is 2.21. The van der Waals surface area contributed by atoms with Gasteiger partial charge in [-0.05, 0) is 31.0 Å². The van der Waals surface area contributed by atoms with E-state index >= 15 is 0 Å². The molecule has 2 aromatic carbocycles. The summed E-state index contributed by atoms with van der Waals surface area (Å²) in [6.45, 7) is 7.40. The Morgan fingerprint density at radius 3 is 2.55 bits per heavy atom. The van der Waals surface area contributed by atoms with Crippen molar-refractivity contribution in [3.05, 3.63) is 65.2 Å². The zero-order chi connectivity index (χ0) is 23.2. The minimum atomic E-state index is 0. The quantitative estimate of drug-likeness (QED) is 0.177. The summed E-state index contributed by atoms with van der Waals surface area (Å²) in [6.07, 6.45) is 0.393. The van der Waals surface area contributed by atoms with Crippen LogP contribution in [0.3, 0.4) is 0 Å². The van der Waals surface area contributed by atoms with Gasteiger partial charge in [-0.2, -0.15) is 0 Å². The van der Waals surface area contributed by atoms with Gasteiger partial charge in [0.2, 0.25) is 5.91 Å². The minimum absolute atomic E-state index is 0. The molecule has 0 aromatic heterocycles. The average molecular weight is 569 g/mol. The van der Waals surface area contributed by atoms with Crippen LogP contribution in [0.1, 0.15) is 30.0 Å². The molecule has 0 aliphatic carbocycles. The van der Waals surface area contributed by atoms with Gasteiger partial charge in [0.25, 0.3) is 0 Å². The molecule has 0 aliphatic rings. The second kappa shape index (κ2) is 16.3. The second-order valence-electron chi connectivity index (χ2n) is 7.56. The van der Waals surface area contributed by atoms with Crippen LogP contribution in [0.25, 0.3) is 0 Å². The van der Waals surface area contributed by atoms with Gasteiger partial charge in [0.15, 0.2) is 5.96 Å². The monoisotopic (exact) mass is 568 g/mol. The largest absolute Gasteiger partial charge is 0.491 e. The number of methoxy groups -OCH3 is 1. The van der Waals surface area contributed by atoms with E-state index in [-0.39, 0.29) is 29.9 Å². The highest BCUT2D eigenvalue weighted by atomic mass is 127. The molecule has 2 N–H and O–H groups in total. The summed E-state index contributed by atoms with van der Waals surface area (Å²) in [5, 5.41) is 6.49. The Hall–Kier alpha value is -2.33. The molecule has 33 heavy (non-hydrogen) atoms. The molecule has 0 radical (unpaired) electrons. The molecule has 0 bridgehead atoms. The van der Waals surface area contributed by atoms with Crippen LogP contribution in [-0.2, 0) is 22.6 Å². The first-order chi connectivity index (χ1) is 15.5. The van der Waals surface area contributed by atoms with Crippen molar-refractivity contribution in [1.82, 2.24) is 15.5 Å². The number of hydrogen-bond acceptors (Lipinski definition) is 4. The van der Waals surface area contributed by atoms with E-state index in [9.17, 15) is 4.79 Å². The Balaban J connectivity index is 0.00000544. The van der Waals surface area contributed by atoms with E-state index in [0.717, 1.165) is 29.0 Å². The topological polar surface area (TPSA) is 75.2 Å². The molecule has 0 spiro atoms. The number of carbonyl (C=O) groups excluding carboxylic acids is 1. The Labute approximate surface area is 215 Å². The molecule has 2 aromatic rings. The summed E-state index contributed by atoms with van der Waals surface area (Å²) in [5.41, 5.74) is 3.25. The van der Waals surface area contributed by atoms with E-state index < -0.39 is 0 Å². The molecule has 0 unspecified atom stereocenters. The smallest absolute Gasteiger partial charge is 0.224 e. The second-order valence-corrected chi connectivity index (χ2v) is 7.56. The van der Waals surface area contributed by atoms with Crippen LogP contribution < -0.4 is 15.4 Å². The van der Waals surface area contributed by atoms with Crippen molar-refractivity contribution in [3.63, 3.8) is 0 Å². The minimum Gasteiger partial charge on any atom is -0.491 e. The predicted molar refractivity (Wildman–Crippen MR) is 144 cm³/mol. The zero-order valence-electron chi connectivity index (χ0n) is 20.1. The van der Waals surface area contributed by atoms with Gasteiger partial charge < -0.3 is 25.0 Å². The van der Waals surface area contributed by atoms with Crippen LogP contribution in [0.5, 0.6) is 5.75 Å². The highest BCUT2D eigenvalue weighted by Gasteiger charge is 2.10. The summed E-state index contributed by atoms with van der Waals surface area (Å²) < 4.78 is 10.9. The molecule has 182 valence electrons. The van der Waals surface area contributed by atoms with E-state index in [1.54, 1.807) is 12.0 Å². The molecule has 0 saturated carbocycles. The molecular weight excluding hydrogens is 531 g/mol. The molecule has 8 heteroatoms. The van der Waals surface area contributed by atoms with Crippen LogP contribution in [0, 0.1) is 6.92 Å². The fourth-order valence-corrected chi connectivity index (χ4v) is 3.09. The Kier molecular flexibility index (Phi) is 14.2. The van der Waals surface area contributed by atoms with Crippen molar-refractivity contribution in [1.29, 1.82) is 0 Å². The SMILES string of the molecule is CCNC(=NCc1ccc(C)cc1OCCOC)NCCC(=O)N(C)Cc1ccccc1.I. The van der Waals surface area contributed by atoms with Crippen molar-refractivity contribution < 1.29 is 14.3 Å². The van der Waals surface area contributed by atoms with Crippen LogP contribution in [0.15, 0.2) is 53.5 Å². The third-order valence-corrected chi connectivity index (χ3v) is 4.84. The molecule has 7 nitrogen and oxygen atoms in total. The Morgan fingerprint density at radius 1 is 1.09 bits per heavy atom. The first-order valence-electron chi connectivity index (χ1n) is 11.0. The number of benzene rings is 2. The summed E-state index contributed by atoms with van der Waals surface area (Å²) in [5.74, 6) is 1.58. The highest BCUT2D eigenvalue weighted by molar-refractivity contribution is 14.0. The lowest BCUT2D eigenvalue weighted by atomic mass is 10.1. The molecular formula is C25H37IN4O3. The Bertz CT molecular complexity index is 862. The van der Waals surface area contributed by atoms with Gasteiger partial charge in [-0.25, -0.2) is 4.99 Å². The third kappa shape index (κ3) is 10.9. The number of guanidine groups is 1. The molecule has 0 aliphatic heterocycles. The van der Waals surface area contributed by atoms with Gasteiger partial charge in [0, 0.05) is 45.8 Å². The lowest BCUT2D eigenvalue weighted by Gasteiger charge is -2.18. The number of amides is 1. The maximum Gasteiger partial charge on any atom is 0.224 e. The zero-order valence-corrected chi connectivity index (χ0v) is 22.4. The van der Waals surface area contributed by atoms with E-state index in [2.05, 4.69) is 21.7 Å². The van der Waals surface area contributed by atoms with Crippen molar-refractivity contribution in [2.45, 2.75) is 33.4 Å². The number of ether oxygens (including phenoxy) is 2. The lowest BCUT2D eigenvalue weighted by molar-refractivity contribution is -0.130. The van der Waals surface area contributed by atoms with E-state index in [4.69, 9.17) is 9.47 Å². The maximum absolute atomic E-state index is 12.5. The Morgan fingerprint density at radius 2 is 1.85 bits per heavy atom. The fourth-order valence-electron chi connectivity index (χ4n) is 3.09. The summed E-state index contributed by atoms with van der Waals surface area (Å²) >= 11 is 0. The van der Waals surface area contributed by atoms with Crippen molar-refractivity contribution in [2.24, 2.45) is 4.99 Å². The van der Waals surface area contributed by atoms with Crippen LogP contribution >= 0.6 is 24.0 Å². The number of nitrogens with zero attached hydrogens (tertiary/aromatic N) is 2. The van der Waals surface area contributed by atoms with Crippen LogP contribution in [-0.4, -0.2) is 57.2 Å². The fraction of sp³-hybridized carbons (Fsp3) is 0.440. The van der Waals surface area contributed by atoms with Gasteiger partial charge in [-0.3, -0.25) is 4.79 Å². The van der Waals surface area contributed by atoms with Gasteiger partial charge in [0.1, 0.15) is 12.4 Å². The number of hydrogen-bond donors (Lipinski definition) is 2. The molecule has 0 saturated heterocycles. The summed E-state index contributed by atoms with van der Waals surface area (Å²) in [6, 6.07) is 16.1. The van der Waals surface area contributed by atoms with E-state index in [1.165, 1.54) is 0 Å². The van der Waals surface area contributed by atoms with Crippen LogP contribution in [0.2, 0.25) is 0 Å². The number of rotatable bonds is 12. The van der Waals surface area contributed by atoms with Crippen molar-refractivity contribution >= 4 is 35.8 Å². The molecule has 1 amide bonds. The van der Waals surface area contributed by atoms with Gasteiger partial charge in [-0.1, -0.05) is 42.5 Å². The number of carbonyl (C=O) groups is 1. The number of aliphatic imine (C=N–C) groups is 1.